The van der Waals surface area contributed by atoms with E-state index in [4.69, 9.17) is 16.3 Å². The van der Waals surface area contributed by atoms with Crippen LogP contribution in [0.1, 0.15) is 27.9 Å². The van der Waals surface area contributed by atoms with Gasteiger partial charge in [0, 0.05) is 30.3 Å². The molecule has 2 aromatic carbocycles. The summed E-state index contributed by atoms with van der Waals surface area (Å²) in [6.45, 7) is 5.40. The Morgan fingerprint density at radius 3 is 2.69 bits per heavy atom. The number of aryl methyl sites for hydroxylation is 1. The second-order valence-electron chi connectivity index (χ2n) is 6.32. The highest BCUT2D eigenvalue weighted by Gasteiger charge is 2.09. The van der Waals surface area contributed by atoms with E-state index in [1.165, 1.54) is 12.1 Å². The highest BCUT2D eigenvalue weighted by atomic mass is 35.5. The average molecular weight is 421 g/mol. The van der Waals surface area contributed by atoms with Crippen molar-refractivity contribution in [1.29, 1.82) is 0 Å². The standard InChI is InChI=1S/C21H22ClFN2O4/c1-13-3-4-15(9-16(13)11-26)21(28)24-8-7-14(2)25-20(27)12-29-17-5-6-18(22)19(23)10-17/h3-6,9-10,26H,2,7-8,11-12H2,1H3,(H,24,28)(H,25,27). The maximum absolute atomic E-state index is 13.3. The van der Waals surface area contributed by atoms with Crippen LogP contribution in [0.5, 0.6) is 5.75 Å². The first-order chi connectivity index (χ1) is 13.8. The van der Waals surface area contributed by atoms with Crippen molar-refractivity contribution in [2.45, 2.75) is 20.0 Å². The van der Waals surface area contributed by atoms with Crippen molar-refractivity contribution in [2.75, 3.05) is 13.2 Å². The number of carbonyl (C=O) groups is 2. The molecule has 29 heavy (non-hydrogen) atoms. The Kier molecular flexibility index (Phi) is 8.18. The molecule has 0 unspecified atom stereocenters. The first kappa shape index (κ1) is 22.4. The Morgan fingerprint density at radius 1 is 1.24 bits per heavy atom. The van der Waals surface area contributed by atoms with Gasteiger partial charge < -0.3 is 20.5 Å². The third-order valence-corrected chi connectivity index (χ3v) is 4.38. The molecule has 3 N–H and O–H groups in total. The van der Waals surface area contributed by atoms with Crippen LogP contribution in [0.25, 0.3) is 0 Å². The number of rotatable bonds is 9. The number of nitrogens with one attached hydrogen (secondary N) is 2. The Hall–Kier alpha value is -2.90. The van der Waals surface area contributed by atoms with Crippen LogP contribution < -0.4 is 15.4 Å². The molecule has 2 amide bonds. The molecule has 0 bridgehead atoms. The normalized spacial score (nSPS) is 10.3. The van der Waals surface area contributed by atoms with Gasteiger partial charge in [-0.05, 0) is 42.3 Å². The summed E-state index contributed by atoms with van der Waals surface area (Å²) in [5.41, 5.74) is 2.44. The van der Waals surface area contributed by atoms with E-state index in [-0.39, 0.29) is 36.4 Å². The lowest BCUT2D eigenvalue weighted by molar-refractivity contribution is -0.122. The fraction of sp³-hybridized carbons (Fsp3) is 0.238. The summed E-state index contributed by atoms with van der Waals surface area (Å²) in [5.74, 6) is -1.19. The average Bonchev–Trinajstić information content (AvgIpc) is 2.69. The molecule has 0 aliphatic carbocycles. The Bertz CT molecular complexity index is 918. The summed E-state index contributed by atoms with van der Waals surface area (Å²) in [5, 5.41) is 14.5. The van der Waals surface area contributed by atoms with Gasteiger partial charge >= 0.3 is 0 Å². The Morgan fingerprint density at radius 2 is 2.00 bits per heavy atom. The third kappa shape index (κ3) is 6.89. The number of aliphatic hydroxyl groups excluding tert-OH is 1. The lowest BCUT2D eigenvalue weighted by Crippen LogP contribution is -2.31. The largest absolute Gasteiger partial charge is 0.484 e. The second kappa shape index (κ2) is 10.6. The van der Waals surface area contributed by atoms with E-state index >= 15 is 0 Å². The zero-order valence-electron chi connectivity index (χ0n) is 15.9. The van der Waals surface area contributed by atoms with Crippen LogP contribution in [0, 0.1) is 12.7 Å². The molecular weight excluding hydrogens is 399 g/mol. The highest BCUT2D eigenvalue weighted by Crippen LogP contribution is 2.20. The molecule has 0 aliphatic heterocycles. The molecule has 6 nitrogen and oxygen atoms in total. The van der Waals surface area contributed by atoms with Crippen molar-refractivity contribution < 1.29 is 23.8 Å². The van der Waals surface area contributed by atoms with Crippen molar-refractivity contribution in [3.05, 3.63) is 76.2 Å². The number of hydrogen-bond donors (Lipinski definition) is 3. The molecule has 0 aliphatic rings. The smallest absolute Gasteiger partial charge is 0.262 e. The van der Waals surface area contributed by atoms with Crippen LogP contribution in [0.2, 0.25) is 5.02 Å². The van der Waals surface area contributed by atoms with Crippen LogP contribution in [-0.2, 0) is 11.4 Å². The fourth-order valence-corrected chi connectivity index (χ4v) is 2.54. The SMILES string of the molecule is C=C(CCNC(=O)c1ccc(C)c(CO)c1)NC(=O)COc1ccc(Cl)c(F)c1. The number of carbonyl (C=O) groups excluding carboxylic acids is 2. The van der Waals surface area contributed by atoms with E-state index in [0.29, 0.717) is 23.2 Å². The summed E-state index contributed by atoms with van der Waals surface area (Å²) >= 11 is 5.58. The van der Waals surface area contributed by atoms with E-state index in [1.807, 2.05) is 6.92 Å². The molecule has 154 valence electrons. The quantitative estimate of drug-likeness (QED) is 0.581. The topological polar surface area (TPSA) is 87.7 Å². The van der Waals surface area contributed by atoms with Gasteiger partial charge in [-0.3, -0.25) is 9.59 Å². The third-order valence-electron chi connectivity index (χ3n) is 4.07. The van der Waals surface area contributed by atoms with E-state index in [0.717, 1.165) is 11.6 Å². The number of amides is 2. The molecule has 0 radical (unpaired) electrons. The van der Waals surface area contributed by atoms with Crippen molar-refractivity contribution in [1.82, 2.24) is 10.6 Å². The van der Waals surface area contributed by atoms with Gasteiger partial charge in [-0.1, -0.05) is 24.2 Å². The maximum Gasteiger partial charge on any atom is 0.262 e. The van der Waals surface area contributed by atoms with Gasteiger partial charge in [-0.2, -0.15) is 0 Å². The van der Waals surface area contributed by atoms with Crippen LogP contribution in [-0.4, -0.2) is 30.1 Å². The predicted molar refractivity (Wildman–Crippen MR) is 108 cm³/mol. The lowest BCUT2D eigenvalue weighted by atomic mass is 10.1. The van der Waals surface area contributed by atoms with Crippen LogP contribution in [0.3, 0.4) is 0 Å². The predicted octanol–water partition coefficient (Wildman–Crippen LogP) is 3.11. The molecule has 0 atom stereocenters. The van der Waals surface area contributed by atoms with Gasteiger partial charge in [-0.25, -0.2) is 4.39 Å². The van der Waals surface area contributed by atoms with E-state index in [1.54, 1.807) is 18.2 Å². The zero-order chi connectivity index (χ0) is 21.4. The minimum absolute atomic E-state index is 0.0320. The summed E-state index contributed by atoms with van der Waals surface area (Å²) in [6, 6.07) is 8.97. The van der Waals surface area contributed by atoms with Crippen molar-refractivity contribution in [3.63, 3.8) is 0 Å². The van der Waals surface area contributed by atoms with Gasteiger partial charge in [0.05, 0.1) is 11.6 Å². The summed E-state index contributed by atoms with van der Waals surface area (Å²) < 4.78 is 18.5. The number of benzene rings is 2. The van der Waals surface area contributed by atoms with E-state index < -0.39 is 11.7 Å². The molecule has 2 aromatic rings. The van der Waals surface area contributed by atoms with Gasteiger partial charge in [-0.15, -0.1) is 0 Å². The number of halogens is 2. The van der Waals surface area contributed by atoms with Gasteiger partial charge in [0.25, 0.3) is 11.8 Å². The molecule has 0 spiro atoms. The molecule has 8 heteroatoms. The van der Waals surface area contributed by atoms with Gasteiger partial charge in [0.1, 0.15) is 11.6 Å². The fourth-order valence-electron chi connectivity index (χ4n) is 2.42. The van der Waals surface area contributed by atoms with E-state index in [2.05, 4.69) is 17.2 Å². The first-order valence-electron chi connectivity index (χ1n) is 8.84. The van der Waals surface area contributed by atoms with Crippen LogP contribution in [0.15, 0.2) is 48.7 Å². The monoisotopic (exact) mass is 420 g/mol. The van der Waals surface area contributed by atoms with Crippen molar-refractivity contribution >= 4 is 23.4 Å². The summed E-state index contributed by atoms with van der Waals surface area (Å²) in [4.78, 5) is 24.0. The van der Waals surface area contributed by atoms with Crippen molar-refractivity contribution in [3.8, 4) is 5.75 Å². The minimum atomic E-state index is -0.635. The van der Waals surface area contributed by atoms with Gasteiger partial charge in [0.2, 0.25) is 0 Å². The lowest BCUT2D eigenvalue weighted by Gasteiger charge is -2.11. The molecular formula is C21H22ClFN2O4. The number of hydrogen-bond acceptors (Lipinski definition) is 4. The van der Waals surface area contributed by atoms with E-state index in [9.17, 15) is 19.1 Å². The Balaban J connectivity index is 1.72. The maximum atomic E-state index is 13.3. The number of aliphatic hydroxyl groups is 1. The van der Waals surface area contributed by atoms with Crippen molar-refractivity contribution in [2.24, 2.45) is 0 Å². The molecule has 0 heterocycles. The first-order valence-corrected chi connectivity index (χ1v) is 9.22. The highest BCUT2D eigenvalue weighted by molar-refractivity contribution is 6.30. The molecule has 0 saturated carbocycles. The van der Waals surface area contributed by atoms with Crippen LogP contribution in [0.4, 0.5) is 4.39 Å². The molecule has 2 rings (SSSR count). The van der Waals surface area contributed by atoms with Gasteiger partial charge in [0.15, 0.2) is 6.61 Å². The molecule has 0 saturated heterocycles. The zero-order valence-corrected chi connectivity index (χ0v) is 16.7. The number of ether oxygens (including phenoxy) is 1. The second-order valence-corrected chi connectivity index (χ2v) is 6.73. The minimum Gasteiger partial charge on any atom is -0.484 e. The molecule has 0 fully saturated rings. The summed E-state index contributed by atoms with van der Waals surface area (Å²) in [7, 11) is 0. The Labute approximate surface area is 173 Å². The summed E-state index contributed by atoms with van der Waals surface area (Å²) in [6.07, 6.45) is 0.325. The van der Waals surface area contributed by atoms with Crippen LogP contribution >= 0.6 is 11.6 Å². The molecule has 0 aromatic heterocycles.